The number of nitrogens with one attached hydrogen (secondary N) is 2. The van der Waals surface area contributed by atoms with Crippen LogP contribution in [0.2, 0.25) is 0 Å². The average Bonchev–Trinajstić information content (AvgIpc) is 3.79. The summed E-state index contributed by atoms with van der Waals surface area (Å²) in [4.78, 5) is 33.4. The summed E-state index contributed by atoms with van der Waals surface area (Å²) in [6.45, 7) is 11.0. The van der Waals surface area contributed by atoms with Crippen LogP contribution in [-0.2, 0) is 16.1 Å². The second-order valence-electron chi connectivity index (χ2n) is 12.7. The fourth-order valence-electron chi connectivity index (χ4n) is 6.38. The Kier molecular flexibility index (Phi) is 9.85. The van der Waals surface area contributed by atoms with Crippen LogP contribution in [0.1, 0.15) is 50.8 Å². The number of hydrogen-bond acceptors (Lipinski definition) is 6. The third-order valence-electron chi connectivity index (χ3n) is 8.96. The number of rotatable bonds is 9. The van der Waals surface area contributed by atoms with E-state index in [-0.39, 0.29) is 30.1 Å². The first-order chi connectivity index (χ1) is 20.8. The van der Waals surface area contributed by atoms with Gasteiger partial charge in [-0.1, -0.05) is 30.3 Å². The van der Waals surface area contributed by atoms with E-state index in [0.717, 1.165) is 73.4 Å². The zero-order valence-electron chi connectivity index (χ0n) is 26.1. The third-order valence-corrected chi connectivity index (χ3v) is 8.96. The van der Waals surface area contributed by atoms with Gasteiger partial charge in [0.2, 0.25) is 5.91 Å². The molecule has 6 rings (SSSR count). The number of benzene rings is 2. The highest BCUT2D eigenvalue weighted by Crippen LogP contribution is 2.34. The molecular weight excluding hydrogens is 576 g/mol. The maximum atomic E-state index is 14.0. The van der Waals surface area contributed by atoms with Gasteiger partial charge in [0, 0.05) is 74.9 Å². The second-order valence-corrected chi connectivity index (χ2v) is 12.7. The molecule has 3 aromatic rings. The normalized spacial score (nSPS) is 18.8. The number of anilines is 1. The highest BCUT2D eigenvalue weighted by atomic mass is 35.5. The van der Waals surface area contributed by atoms with Gasteiger partial charge >= 0.3 is 0 Å². The summed E-state index contributed by atoms with van der Waals surface area (Å²) in [5.41, 5.74) is 4.51. The van der Waals surface area contributed by atoms with Crippen LogP contribution in [0.4, 0.5) is 5.69 Å². The van der Waals surface area contributed by atoms with Gasteiger partial charge in [-0.2, -0.15) is 5.10 Å². The van der Waals surface area contributed by atoms with Crippen LogP contribution in [0.25, 0.3) is 11.1 Å². The van der Waals surface area contributed by atoms with Crippen molar-refractivity contribution in [2.45, 2.75) is 64.6 Å². The molecule has 0 radical (unpaired) electrons. The van der Waals surface area contributed by atoms with Gasteiger partial charge in [0.25, 0.3) is 5.91 Å². The molecule has 2 aromatic carbocycles. The number of carbonyl (C=O) groups is 2. The number of ether oxygens (including phenoxy) is 1. The molecule has 3 heterocycles. The summed E-state index contributed by atoms with van der Waals surface area (Å²) in [6, 6.07) is 16.8. The number of halogens is 1. The van der Waals surface area contributed by atoms with Gasteiger partial charge in [0.1, 0.15) is 5.75 Å². The molecule has 1 unspecified atom stereocenters. The number of aromatic amines is 1. The highest BCUT2D eigenvalue weighted by Gasteiger charge is 2.38. The number of nitrogens with zero attached hydrogens (tertiary/aromatic N) is 4. The van der Waals surface area contributed by atoms with E-state index in [1.807, 2.05) is 50.1 Å². The van der Waals surface area contributed by atoms with E-state index in [1.165, 1.54) is 0 Å². The van der Waals surface area contributed by atoms with E-state index in [2.05, 4.69) is 55.6 Å². The lowest BCUT2D eigenvalue weighted by Gasteiger charge is -2.37. The van der Waals surface area contributed by atoms with Crippen molar-refractivity contribution in [1.29, 1.82) is 0 Å². The largest absolute Gasteiger partial charge is 0.478 e. The summed E-state index contributed by atoms with van der Waals surface area (Å²) in [5, 5.41) is 10.4. The predicted molar refractivity (Wildman–Crippen MR) is 175 cm³/mol. The highest BCUT2D eigenvalue weighted by molar-refractivity contribution is 5.85. The van der Waals surface area contributed by atoms with Crippen molar-refractivity contribution in [3.63, 3.8) is 0 Å². The molecule has 3 aliphatic rings. The van der Waals surface area contributed by atoms with E-state index in [9.17, 15) is 9.59 Å². The van der Waals surface area contributed by atoms with Crippen LogP contribution in [0.3, 0.4) is 0 Å². The van der Waals surface area contributed by atoms with Crippen LogP contribution < -0.4 is 15.0 Å². The van der Waals surface area contributed by atoms with Crippen molar-refractivity contribution >= 4 is 29.9 Å². The van der Waals surface area contributed by atoms with E-state index in [4.69, 9.17) is 4.74 Å². The number of aryl methyl sites for hydroxylation is 1. The van der Waals surface area contributed by atoms with Gasteiger partial charge in [-0.15, -0.1) is 12.4 Å². The Labute approximate surface area is 266 Å². The van der Waals surface area contributed by atoms with E-state index in [1.54, 1.807) is 0 Å². The maximum absolute atomic E-state index is 14.0. The number of piperidine rings is 1. The molecule has 2 N–H and O–H groups in total. The number of carbonyl (C=O) groups excluding carboxylic acids is 2. The first-order valence-electron chi connectivity index (χ1n) is 15.7. The monoisotopic (exact) mass is 620 g/mol. The average molecular weight is 621 g/mol. The van der Waals surface area contributed by atoms with Crippen molar-refractivity contribution in [1.82, 2.24) is 25.3 Å². The lowest BCUT2D eigenvalue weighted by atomic mass is 9.95. The molecule has 1 aromatic heterocycles. The maximum Gasteiger partial charge on any atom is 0.266 e. The Morgan fingerprint density at radius 2 is 1.80 bits per heavy atom. The van der Waals surface area contributed by atoms with Crippen molar-refractivity contribution in [2.24, 2.45) is 5.92 Å². The number of amides is 2. The lowest BCUT2D eigenvalue weighted by Crippen LogP contribution is -2.54. The van der Waals surface area contributed by atoms with Gasteiger partial charge in [-0.25, -0.2) is 0 Å². The Morgan fingerprint density at radius 1 is 1.05 bits per heavy atom. The molecule has 10 heteroatoms. The molecule has 1 saturated carbocycles. The number of H-pyrrole nitrogens is 1. The summed E-state index contributed by atoms with van der Waals surface area (Å²) in [5.74, 6) is 0.900. The Bertz CT molecular complexity index is 1430. The van der Waals surface area contributed by atoms with Gasteiger partial charge in [0.05, 0.1) is 12.1 Å². The standard InChI is InChI=1S/C34H44N6O3.ClH/c1-24-31(21-36-37-24)26-11-9-25(10-12-26)22-40(28-13-14-28)32(41)27-6-5-17-39(23-27)29-7-4-8-30(20-29)43-34(2,3)33(42)38-18-15-35-16-19-38;/h4,7-12,20-21,27-28,35H,5-6,13-19,22-23H2,1-3H3,(H,36,37);1H. The van der Waals surface area contributed by atoms with Gasteiger partial charge in [-0.05, 0) is 69.7 Å². The lowest BCUT2D eigenvalue weighted by molar-refractivity contribution is -0.146. The molecule has 9 nitrogen and oxygen atoms in total. The summed E-state index contributed by atoms with van der Waals surface area (Å²) >= 11 is 0. The molecule has 2 amide bonds. The van der Waals surface area contributed by atoms with Crippen molar-refractivity contribution in [3.8, 4) is 16.9 Å². The molecule has 1 atom stereocenters. The third kappa shape index (κ3) is 7.21. The molecule has 3 fully saturated rings. The quantitative estimate of drug-likeness (QED) is 0.357. The fraction of sp³-hybridized carbons (Fsp3) is 0.500. The molecule has 1 aliphatic carbocycles. The van der Waals surface area contributed by atoms with Crippen LogP contribution >= 0.6 is 12.4 Å². The van der Waals surface area contributed by atoms with E-state index < -0.39 is 5.60 Å². The van der Waals surface area contributed by atoms with Gasteiger partial charge in [-0.3, -0.25) is 14.7 Å². The smallest absolute Gasteiger partial charge is 0.266 e. The molecule has 2 saturated heterocycles. The summed E-state index contributed by atoms with van der Waals surface area (Å²) in [7, 11) is 0. The van der Waals surface area contributed by atoms with Crippen LogP contribution in [0.5, 0.6) is 5.75 Å². The zero-order valence-corrected chi connectivity index (χ0v) is 26.9. The van der Waals surface area contributed by atoms with E-state index in [0.29, 0.717) is 38.0 Å². The molecule has 2 aliphatic heterocycles. The SMILES string of the molecule is Cc1[nH]ncc1-c1ccc(CN(C(=O)C2CCCN(c3cccc(OC(C)(C)C(=O)N4CCNCC4)c3)C2)C2CC2)cc1.Cl. The molecule has 236 valence electrons. The summed E-state index contributed by atoms with van der Waals surface area (Å²) in [6.07, 6.45) is 5.88. The Balaban J connectivity index is 0.00000384. The van der Waals surface area contributed by atoms with Crippen LogP contribution in [0, 0.1) is 12.8 Å². The van der Waals surface area contributed by atoms with E-state index >= 15 is 0 Å². The first kappa shape index (κ1) is 31.9. The fourth-order valence-corrected chi connectivity index (χ4v) is 6.38. The van der Waals surface area contributed by atoms with Crippen molar-refractivity contribution < 1.29 is 14.3 Å². The Hall–Kier alpha value is -3.56. The molecule has 0 spiro atoms. The Morgan fingerprint density at radius 3 is 2.48 bits per heavy atom. The topological polar surface area (TPSA) is 93.8 Å². The number of aromatic nitrogens is 2. The number of piperazine rings is 1. The first-order valence-corrected chi connectivity index (χ1v) is 15.7. The van der Waals surface area contributed by atoms with Crippen molar-refractivity contribution in [3.05, 3.63) is 66.0 Å². The van der Waals surface area contributed by atoms with Crippen LogP contribution in [0.15, 0.2) is 54.7 Å². The minimum absolute atomic E-state index is 0. The minimum Gasteiger partial charge on any atom is -0.478 e. The van der Waals surface area contributed by atoms with Crippen LogP contribution in [-0.4, -0.2) is 82.7 Å². The van der Waals surface area contributed by atoms with Gasteiger partial charge < -0.3 is 24.8 Å². The summed E-state index contributed by atoms with van der Waals surface area (Å²) < 4.78 is 6.29. The molecular formula is C34H45ClN6O3. The van der Waals surface area contributed by atoms with Gasteiger partial charge in [0.15, 0.2) is 5.60 Å². The minimum atomic E-state index is -0.962. The second kappa shape index (κ2) is 13.6. The molecule has 44 heavy (non-hydrogen) atoms. The zero-order chi connectivity index (χ0) is 30.0. The predicted octanol–water partition coefficient (Wildman–Crippen LogP) is 4.80. The van der Waals surface area contributed by atoms with Crippen molar-refractivity contribution in [2.75, 3.05) is 44.2 Å². The molecule has 0 bridgehead atoms. The number of hydrogen-bond donors (Lipinski definition) is 2.